The highest BCUT2D eigenvalue weighted by Crippen LogP contribution is 2.10. The molecule has 0 bridgehead atoms. The van der Waals surface area contributed by atoms with Crippen LogP contribution >= 0.6 is 11.3 Å². The van der Waals surface area contributed by atoms with E-state index in [1.807, 2.05) is 6.92 Å². The maximum Gasteiger partial charge on any atom is 0.315 e. The molecule has 0 aliphatic carbocycles. The Bertz CT molecular complexity index is 406. The van der Waals surface area contributed by atoms with E-state index in [-0.39, 0.29) is 12.5 Å². The van der Waals surface area contributed by atoms with Crippen molar-refractivity contribution >= 4 is 23.3 Å². The number of aliphatic carboxylic acids is 1. The smallest absolute Gasteiger partial charge is 0.315 e. The summed E-state index contributed by atoms with van der Waals surface area (Å²) in [5.41, 5.74) is 2.68. The van der Waals surface area contributed by atoms with Crippen LogP contribution in [0.1, 0.15) is 29.8 Å². The zero-order valence-electron chi connectivity index (χ0n) is 10.2. The van der Waals surface area contributed by atoms with Gasteiger partial charge in [0.2, 0.25) is 0 Å². The summed E-state index contributed by atoms with van der Waals surface area (Å²) in [4.78, 5) is 26.8. The SMILES string of the molecule is Cc1ncsc1CNC(=O)NCCCCC(=O)O. The molecule has 6 nitrogen and oxygen atoms in total. The van der Waals surface area contributed by atoms with Crippen LogP contribution in [0, 0.1) is 6.92 Å². The first-order valence-electron chi connectivity index (χ1n) is 5.72. The molecule has 0 saturated carbocycles. The number of carboxylic acids is 1. The van der Waals surface area contributed by atoms with Crippen LogP contribution in [0.15, 0.2) is 5.51 Å². The highest BCUT2D eigenvalue weighted by atomic mass is 32.1. The lowest BCUT2D eigenvalue weighted by atomic mass is 10.2. The second-order valence-corrected chi connectivity index (χ2v) is 4.76. The van der Waals surface area contributed by atoms with E-state index in [1.54, 1.807) is 5.51 Å². The van der Waals surface area contributed by atoms with Gasteiger partial charge in [0.1, 0.15) is 0 Å². The average Bonchev–Trinajstić information content (AvgIpc) is 2.71. The molecule has 0 aliphatic rings. The standard InChI is InChI=1S/C11H17N3O3S/c1-8-9(18-7-14-8)6-13-11(17)12-5-3-2-4-10(15)16/h7H,2-6H2,1H3,(H,15,16)(H2,12,13,17). The van der Waals surface area contributed by atoms with Gasteiger partial charge in [-0.2, -0.15) is 0 Å². The number of rotatable bonds is 7. The molecule has 100 valence electrons. The lowest BCUT2D eigenvalue weighted by Gasteiger charge is -2.06. The molecule has 0 fully saturated rings. The van der Waals surface area contributed by atoms with E-state index in [1.165, 1.54) is 11.3 Å². The Balaban J connectivity index is 2.07. The number of carbonyl (C=O) groups excluding carboxylic acids is 1. The number of carbonyl (C=O) groups is 2. The van der Waals surface area contributed by atoms with Gasteiger partial charge in [0.05, 0.1) is 17.7 Å². The Morgan fingerprint density at radius 1 is 1.39 bits per heavy atom. The molecule has 0 spiro atoms. The Labute approximate surface area is 109 Å². The zero-order chi connectivity index (χ0) is 13.4. The van der Waals surface area contributed by atoms with E-state index in [9.17, 15) is 9.59 Å². The largest absolute Gasteiger partial charge is 0.481 e. The molecule has 0 saturated heterocycles. The minimum atomic E-state index is -0.805. The molecule has 1 aromatic heterocycles. The number of hydrogen-bond acceptors (Lipinski definition) is 4. The number of aryl methyl sites for hydroxylation is 1. The van der Waals surface area contributed by atoms with Crippen molar-refractivity contribution < 1.29 is 14.7 Å². The quantitative estimate of drug-likeness (QED) is 0.655. The van der Waals surface area contributed by atoms with Gasteiger partial charge in [-0.15, -0.1) is 11.3 Å². The monoisotopic (exact) mass is 271 g/mol. The van der Waals surface area contributed by atoms with E-state index in [0.717, 1.165) is 10.6 Å². The molecular weight excluding hydrogens is 254 g/mol. The molecule has 3 N–H and O–H groups in total. The van der Waals surface area contributed by atoms with Crippen LogP contribution in [0.3, 0.4) is 0 Å². The molecule has 0 atom stereocenters. The number of hydrogen-bond donors (Lipinski definition) is 3. The topological polar surface area (TPSA) is 91.3 Å². The van der Waals surface area contributed by atoms with Gasteiger partial charge in [0, 0.05) is 17.8 Å². The molecule has 18 heavy (non-hydrogen) atoms. The van der Waals surface area contributed by atoms with Gasteiger partial charge in [0.15, 0.2) is 0 Å². The molecule has 0 radical (unpaired) electrons. The van der Waals surface area contributed by atoms with E-state index >= 15 is 0 Å². The summed E-state index contributed by atoms with van der Waals surface area (Å²) in [6.45, 7) is 2.86. The van der Waals surface area contributed by atoms with Gasteiger partial charge in [-0.05, 0) is 19.8 Å². The van der Waals surface area contributed by atoms with Crippen molar-refractivity contribution in [2.24, 2.45) is 0 Å². The van der Waals surface area contributed by atoms with Gasteiger partial charge in [-0.1, -0.05) is 0 Å². The van der Waals surface area contributed by atoms with Crippen LogP contribution in [0.5, 0.6) is 0 Å². The van der Waals surface area contributed by atoms with Gasteiger partial charge >= 0.3 is 12.0 Å². The maximum absolute atomic E-state index is 11.4. The summed E-state index contributed by atoms with van der Waals surface area (Å²) in [5.74, 6) is -0.805. The fraction of sp³-hybridized carbons (Fsp3) is 0.545. The minimum Gasteiger partial charge on any atom is -0.481 e. The van der Waals surface area contributed by atoms with Crippen LogP contribution in [0.25, 0.3) is 0 Å². The molecule has 1 rings (SSSR count). The van der Waals surface area contributed by atoms with Gasteiger partial charge in [0.25, 0.3) is 0 Å². The Morgan fingerprint density at radius 3 is 2.78 bits per heavy atom. The number of thiazole rings is 1. The highest BCUT2D eigenvalue weighted by molar-refractivity contribution is 7.09. The number of urea groups is 1. The first-order chi connectivity index (χ1) is 8.59. The number of carboxylic acid groups (broad SMARTS) is 1. The Morgan fingerprint density at radius 2 is 2.17 bits per heavy atom. The predicted octanol–water partition coefficient (Wildman–Crippen LogP) is 1.51. The normalized spacial score (nSPS) is 10.1. The van der Waals surface area contributed by atoms with Gasteiger partial charge < -0.3 is 15.7 Å². The second kappa shape index (κ2) is 7.65. The Kier molecular flexibility index (Phi) is 6.13. The molecule has 0 aromatic carbocycles. The van der Waals surface area contributed by atoms with E-state index in [2.05, 4.69) is 15.6 Å². The third-order valence-electron chi connectivity index (χ3n) is 2.36. The lowest BCUT2D eigenvalue weighted by molar-refractivity contribution is -0.137. The van der Waals surface area contributed by atoms with Crippen molar-refractivity contribution in [2.45, 2.75) is 32.7 Å². The summed E-state index contributed by atoms with van der Waals surface area (Å²) in [7, 11) is 0. The number of nitrogens with one attached hydrogen (secondary N) is 2. The molecule has 0 aliphatic heterocycles. The summed E-state index contributed by atoms with van der Waals surface area (Å²) in [6.07, 6.45) is 1.38. The van der Waals surface area contributed by atoms with Crippen molar-refractivity contribution in [2.75, 3.05) is 6.54 Å². The molecule has 0 unspecified atom stereocenters. The fourth-order valence-electron chi connectivity index (χ4n) is 1.32. The average molecular weight is 271 g/mol. The second-order valence-electron chi connectivity index (χ2n) is 3.82. The van der Waals surface area contributed by atoms with Crippen molar-refractivity contribution in [1.82, 2.24) is 15.6 Å². The summed E-state index contributed by atoms with van der Waals surface area (Å²) in [6, 6.07) is -0.238. The van der Waals surface area contributed by atoms with Crippen LogP contribution < -0.4 is 10.6 Å². The molecular formula is C11H17N3O3S. The number of aromatic nitrogens is 1. The van der Waals surface area contributed by atoms with Crippen molar-refractivity contribution in [3.05, 3.63) is 16.1 Å². The van der Waals surface area contributed by atoms with E-state index in [4.69, 9.17) is 5.11 Å². The van der Waals surface area contributed by atoms with Crippen LogP contribution in [-0.2, 0) is 11.3 Å². The van der Waals surface area contributed by atoms with Crippen LogP contribution in [0.4, 0.5) is 4.79 Å². The number of amides is 2. The van der Waals surface area contributed by atoms with E-state index in [0.29, 0.717) is 25.9 Å². The van der Waals surface area contributed by atoms with Crippen LogP contribution in [-0.4, -0.2) is 28.6 Å². The van der Waals surface area contributed by atoms with Crippen molar-refractivity contribution in [1.29, 1.82) is 0 Å². The minimum absolute atomic E-state index is 0.142. The molecule has 1 aromatic rings. The first-order valence-corrected chi connectivity index (χ1v) is 6.60. The maximum atomic E-state index is 11.4. The molecule has 2 amide bonds. The van der Waals surface area contributed by atoms with E-state index < -0.39 is 5.97 Å². The Hall–Kier alpha value is -1.63. The summed E-state index contributed by atoms with van der Waals surface area (Å²) in [5, 5.41) is 13.8. The lowest BCUT2D eigenvalue weighted by Crippen LogP contribution is -2.35. The summed E-state index contributed by atoms with van der Waals surface area (Å²) < 4.78 is 0. The molecule has 7 heteroatoms. The third kappa shape index (κ3) is 5.62. The number of unbranched alkanes of at least 4 members (excludes halogenated alkanes) is 1. The van der Waals surface area contributed by atoms with Crippen LogP contribution in [0.2, 0.25) is 0 Å². The summed E-state index contributed by atoms with van der Waals surface area (Å²) >= 11 is 1.51. The van der Waals surface area contributed by atoms with Gasteiger partial charge in [-0.3, -0.25) is 4.79 Å². The van der Waals surface area contributed by atoms with Gasteiger partial charge in [-0.25, -0.2) is 9.78 Å². The van der Waals surface area contributed by atoms with Crippen molar-refractivity contribution in [3.63, 3.8) is 0 Å². The number of nitrogens with zero attached hydrogens (tertiary/aromatic N) is 1. The zero-order valence-corrected chi connectivity index (χ0v) is 11.0. The highest BCUT2D eigenvalue weighted by Gasteiger charge is 2.04. The predicted molar refractivity (Wildman–Crippen MR) is 68.6 cm³/mol. The first kappa shape index (κ1) is 14.4. The third-order valence-corrected chi connectivity index (χ3v) is 3.29. The fourth-order valence-corrected chi connectivity index (χ4v) is 2.04. The molecule has 1 heterocycles. The van der Waals surface area contributed by atoms with Crippen molar-refractivity contribution in [3.8, 4) is 0 Å².